The molecule has 1 aromatic carbocycles. The zero-order valence-electron chi connectivity index (χ0n) is 16.1. The van der Waals surface area contributed by atoms with E-state index >= 15 is 0 Å². The number of hydrogen-bond donors (Lipinski definition) is 0. The van der Waals surface area contributed by atoms with Gasteiger partial charge in [0.15, 0.2) is 6.29 Å². The fourth-order valence-corrected chi connectivity index (χ4v) is 3.83. The summed E-state index contributed by atoms with van der Waals surface area (Å²) < 4.78 is 40.2. The van der Waals surface area contributed by atoms with Crippen LogP contribution in [0.25, 0.3) is 0 Å². The van der Waals surface area contributed by atoms with Gasteiger partial charge in [0.2, 0.25) is 0 Å². The van der Waals surface area contributed by atoms with Crippen molar-refractivity contribution >= 4 is 0 Å². The molecule has 3 rings (SSSR count). The van der Waals surface area contributed by atoms with Crippen molar-refractivity contribution in [1.29, 1.82) is 0 Å². The monoisotopic (exact) mass is 374 g/mol. The Labute approximate surface area is 160 Å². The summed E-state index contributed by atoms with van der Waals surface area (Å²) in [5.74, 6) is 5.72. The average Bonchev–Trinajstić information content (AvgIpc) is 2.68. The minimum absolute atomic E-state index is 0.154. The first-order chi connectivity index (χ1) is 13.1. The van der Waals surface area contributed by atoms with Gasteiger partial charge in [0, 0.05) is 17.4 Å². The molecule has 0 N–H and O–H groups in total. The molecule has 146 valence electrons. The summed E-state index contributed by atoms with van der Waals surface area (Å²) in [6.07, 6.45) is 8.76. The molecule has 0 spiro atoms. The van der Waals surface area contributed by atoms with E-state index in [2.05, 4.69) is 18.8 Å². The first-order valence-electron chi connectivity index (χ1n) is 9.97. The van der Waals surface area contributed by atoms with Gasteiger partial charge in [-0.1, -0.05) is 37.3 Å². The molecule has 0 aromatic heterocycles. The molecule has 0 bridgehead atoms. The number of rotatable bonds is 3. The van der Waals surface area contributed by atoms with E-state index in [9.17, 15) is 8.78 Å². The van der Waals surface area contributed by atoms with E-state index < -0.39 is 17.9 Å². The highest BCUT2D eigenvalue weighted by Gasteiger charge is 2.24. The SMILES string of the molecule is CC=CC1COC(c2cc(F)c(C#CC3CCC(CC)CC3)c(F)c2)OC1. The molecule has 1 saturated heterocycles. The van der Waals surface area contributed by atoms with E-state index in [1.807, 2.05) is 19.1 Å². The summed E-state index contributed by atoms with van der Waals surface area (Å²) >= 11 is 0. The van der Waals surface area contributed by atoms with Gasteiger partial charge < -0.3 is 9.47 Å². The lowest BCUT2D eigenvalue weighted by atomic mass is 9.81. The maximum Gasteiger partial charge on any atom is 0.184 e. The Balaban J connectivity index is 1.67. The average molecular weight is 374 g/mol. The first-order valence-corrected chi connectivity index (χ1v) is 9.97. The van der Waals surface area contributed by atoms with Crippen molar-refractivity contribution in [3.05, 3.63) is 47.0 Å². The van der Waals surface area contributed by atoms with Gasteiger partial charge in [0.1, 0.15) is 11.6 Å². The van der Waals surface area contributed by atoms with E-state index in [0.717, 1.165) is 31.6 Å². The van der Waals surface area contributed by atoms with Crippen molar-refractivity contribution in [2.24, 2.45) is 17.8 Å². The predicted octanol–water partition coefficient (Wildman–Crippen LogP) is 5.77. The van der Waals surface area contributed by atoms with Gasteiger partial charge in [-0.2, -0.15) is 0 Å². The number of benzene rings is 1. The van der Waals surface area contributed by atoms with Crippen LogP contribution in [0, 0.1) is 41.2 Å². The molecule has 0 amide bonds. The van der Waals surface area contributed by atoms with Gasteiger partial charge in [-0.25, -0.2) is 8.78 Å². The van der Waals surface area contributed by atoms with Crippen molar-refractivity contribution < 1.29 is 18.3 Å². The molecule has 2 nitrogen and oxygen atoms in total. The highest BCUT2D eigenvalue weighted by molar-refractivity contribution is 5.40. The Hall–Kier alpha value is -1.70. The van der Waals surface area contributed by atoms with Crippen LogP contribution >= 0.6 is 0 Å². The summed E-state index contributed by atoms with van der Waals surface area (Å²) in [7, 11) is 0. The third kappa shape index (κ3) is 5.18. The van der Waals surface area contributed by atoms with Gasteiger partial charge in [-0.3, -0.25) is 0 Å². The Morgan fingerprint density at radius 1 is 1.07 bits per heavy atom. The molecule has 1 aliphatic heterocycles. The van der Waals surface area contributed by atoms with Crippen LogP contribution < -0.4 is 0 Å². The van der Waals surface area contributed by atoms with E-state index in [-0.39, 0.29) is 17.4 Å². The standard InChI is InChI=1S/C23H28F2O2/c1-3-5-18-14-26-23(27-15-18)19-12-21(24)20(22(25)13-19)11-10-17-8-6-16(4-2)7-9-17/h3,5,12-13,16-18,23H,4,6-9,14-15H2,1-2H3. The molecule has 0 atom stereocenters. The normalized spacial score (nSPS) is 28.7. The number of hydrogen-bond acceptors (Lipinski definition) is 2. The Bertz CT molecular complexity index is 693. The van der Waals surface area contributed by atoms with Crippen molar-refractivity contribution in [1.82, 2.24) is 0 Å². The van der Waals surface area contributed by atoms with Crippen molar-refractivity contribution in [3.8, 4) is 11.8 Å². The molecule has 27 heavy (non-hydrogen) atoms. The summed E-state index contributed by atoms with van der Waals surface area (Å²) in [4.78, 5) is 0. The van der Waals surface area contributed by atoms with Gasteiger partial charge in [-0.05, 0) is 50.7 Å². The summed E-state index contributed by atoms with van der Waals surface area (Å²) in [5, 5.41) is 0. The molecule has 2 aliphatic rings. The van der Waals surface area contributed by atoms with Crippen LogP contribution in [0.5, 0.6) is 0 Å². The molecular weight excluding hydrogens is 346 g/mol. The van der Waals surface area contributed by atoms with Crippen LogP contribution in [-0.4, -0.2) is 13.2 Å². The minimum atomic E-state index is -0.734. The van der Waals surface area contributed by atoms with Crippen molar-refractivity contribution in [2.75, 3.05) is 13.2 Å². The Morgan fingerprint density at radius 2 is 1.70 bits per heavy atom. The molecule has 1 aromatic rings. The second-order valence-electron chi connectivity index (χ2n) is 7.54. The number of allylic oxidation sites excluding steroid dienone is 1. The molecular formula is C23H28F2O2. The van der Waals surface area contributed by atoms with Crippen LogP contribution in [-0.2, 0) is 9.47 Å². The second kappa shape index (κ2) is 9.48. The van der Waals surface area contributed by atoms with Crippen LogP contribution in [0.4, 0.5) is 8.78 Å². The second-order valence-corrected chi connectivity index (χ2v) is 7.54. The zero-order valence-corrected chi connectivity index (χ0v) is 16.1. The highest BCUT2D eigenvalue weighted by Crippen LogP contribution is 2.31. The number of ether oxygens (including phenoxy) is 2. The maximum atomic E-state index is 14.5. The molecule has 0 unspecified atom stereocenters. The summed E-state index contributed by atoms with van der Waals surface area (Å²) in [5.41, 5.74) is 0.205. The lowest BCUT2D eigenvalue weighted by Crippen LogP contribution is -2.26. The lowest BCUT2D eigenvalue weighted by molar-refractivity contribution is -0.197. The first kappa shape index (κ1) is 20.0. The van der Waals surface area contributed by atoms with Gasteiger partial charge in [-0.15, -0.1) is 0 Å². The van der Waals surface area contributed by atoms with Gasteiger partial charge >= 0.3 is 0 Å². The summed E-state index contributed by atoms with van der Waals surface area (Å²) in [6.45, 7) is 5.09. The number of halogens is 2. The van der Waals surface area contributed by atoms with Crippen LogP contribution in [0.3, 0.4) is 0 Å². The highest BCUT2D eigenvalue weighted by atomic mass is 19.1. The molecule has 2 fully saturated rings. The van der Waals surface area contributed by atoms with Crippen molar-refractivity contribution in [3.63, 3.8) is 0 Å². The Morgan fingerprint density at radius 3 is 2.26 bits per heavy atom. The van der Waals surface area contributed by atoms with E-state index in [1.54, 1.807) is 0 Å². The smallest absolute Gasteiger partial charge is 0.184 e. The van der Waals surface area contributed by atoms with Crippen LogP contribution in [0.1, 0.15) is 63.4 Å². The van der Waals surface area contributed by atoms with Gasteiger partial charge in [0.25, 0.3) is 0 Å². The molecule has 4 heteroatoms. The largest absolute Gasteiger partial charge is 0.348 e. The third-order valence-corrected chi connectivity index (χ3v) is 5.55. The fourth-order valence-electron chi connectivity index (χ4n) is 3.83. The molecule has 0 radical (unpaired) electrons. The van der Waals surface area contributed by atoms with Crippen LogP contribution in [0.15, 0.2) is 24.3 Å². The fraction of sp³-hybridized carbons (Fsp3) is 0.565. The Kier molecular flexibility index (Phi) is 7.04. The zero-order chi connectivity index (χ0) is 19.2. The van der Waals surface area contributed by atoms with E-state index in [1.165, 1.54) is 18.6 Å². The topological polar surface area (TPSA) is 18.5 Å². The quantitative estimate of drug-likeness (QED) is 0.494. The third-order valence-electron chi connectivity index (χ3n) is 5.55. The molecule has 1 heterocycles. The lowest BCUT2D eigenvalue weighted by Gasteiger charge is -2.28. The maximum absolute atomic E-state index is 14.5. The minimum Gasteiger partial charge on any atom is -0.348 e. The van der Waals surface area contributed by atoms with E-state index in [4.69, 9.17) is 9.47 Å². The summed E-state index contributed by atoms with van der Waals surface area (Å²) in [6, 6.07) is 2.56. The molecule has 1 saturated carbocycles. The van der Waals surface area contributed by atoms with Gasteiger partial charge in [0.05, 0.1) is 18.8 Å². The van der Waals surface area contributed by atoms with E-state index in [0.29, 0.717) is 18.8 Å². The predicted molar refractivity (Wildman–Crippen MR) is 102 cm³/mol. The molecule has 1 aliphatic carbocycles. The van der Waals surface area contributed by atoms with Crippen molar-refractivity contribution in [2.45, 2.75) is 52.2 Å². The van der Waals surface area contributed by atoms with Crippen LogP contribution in [0.2, 0.25) is 0 Å².